The molecule has 4 nitrogen and oxygen atoms in total. The van der Waals surface area contributed by atoms with Crippen LogP contribution in [0.2, 0.25) is 0 Å². The Morgan fingerprint density at radius 2 is 1.64 bits per heavy atom. The van der Waals surface area contributed by atoms with Crippen molar-refractivity contribution in [2.45, 2.75) is 20.5 Å². The van der Waals surface area contributed by atoms with E-state index in [4.69, 9.17) is 9.57 Å². The van der Waals surface area contributed by atoms with Gasteiger partial charge in [0.2, 0.25) is 0 Å². The second-order valence-corrected chi connectivity index (χ2v) is 7.65. The van der Waals surface area contributed by atoms with Gasteiger partial charge in [-0.2, -0.15) is 0 Å². The smallest absolute Gasteiger partial charge is 0.142 e. The summed E-state index contributed by atoms with van der Waals surface area (Å²) in [5, 5.41) is 4.26. The average Bonchev–Trinajstić information content (AvgIpc) is 3.16. The molecule has 3 aromatic carbocycles. The van der Waals surface area contributed by atoms with Crippen molar-refractivity contribution >= 4 is 5.71 Å². The number of nitrogens with zero attached hydrogens (tertiary/aromatic N) is 2. The Morgan fingerprint density at radius 3 is 2.30 bits per heavy atom. The lowest BCUT2D eigenvalue weighted by molar-refractivity contribution is 0.130. The van der Waals surface area contributed by atoms with Crippen LogP contribution >= 0.6 is 0 Å². The van der Waals surface area contributed by atoms with Gasteiger partial charge in [0, 0.05) is 16.9 Å². The summed E-state index contributed by atoms with van der Waals surface area (Å²) in [6, 6.07) is 22.4. The second-order valence-electron chi connectivity index (χ2n) is 7.65. The van der Waals surface area contributed by atoms with Crippen molar-refractivity contribution in [2.24, 2.45) is 5.16 Å². The van der Waals surface area contributed by atoms with E-state index in [1.807, 2.05) is 44.2 Å². The zero-order valence-electron chi connectivity index (χ0n) is 18.7. The molecule has 0 aliphatic rings. The maximum absolute atomic E-state index is 13.5. The molecule has 0 radical (unpaired) electrons. The summed E-state index contributed by atoms with van der Waals surface area (Å²) in [6.45, 7) is 4.02. The molecule has 0 aliphatic carbocycles. The molecule has 0 spiro atoms. The molecule has 4 aromatic rings. The monoisotopic (exact) mass is 446 g/mol. The van der Waals surface area contributed by atoms with Crippen molar-refractivity contribution in [3.05, 3.63) is 107 Å². The minimum absolute atomic E-state index is 0.165. The summed E-state index contributed by atoms with van der Waals surface area (Å²) in [5.41, 5.74) is 5.93. The Morgan fingerprint density at radius 1 is 0.909 bits per heavy atom. The number of rotatable bonds is 7. The number of benzene rings is 3. The Labute approximate surface area is 191 Å². The number of aromatic nitrogens is 1. The van der Waals surface area contributed by atoms with E-state index in [1.54, 1.807) is 31.4 Å². The molecular weight excluding hydrogens is 422 g/mol. The molecule has 4 rings (SSSR count). The lowest BCUT2D eigenvalue weighted by Gasteiger charge is -2.13. The standard InChI is InChI=1S/C27H24F2N2O2/c1-18(30-33-17-20-5-4-6-23(29)15-20)26-16-27(21-7-9-22(28)10-8-21)31(19(26)2)24-11-13-25(32-3)14-12-24/h4-16H,17H2,1-3H3/b30-18-. The highest BCUT2D eigenvalue weighted by molar-refractivity contribution is 6.01. The zero-order chi connectivity index (χ0) is 23.4. The van der Waals surface area contributed by atoms with Crippen LogP contribution in [0.3, 0.4) is 0 Å². The third-order valence-electron chi connectivity index (χ3n) is 5.43. The first-order chi connectivity index (χ1) is 16.0. The molecule has 0 N–H and O–H groups in total. The minimum Gasteiger partial charge on any atom is -0.497 e. The average molecular weight is 446 g/mol. The van der Waals surface area contributed by atoms with Crippen LogP contribution in [0, 0.1) is 18.6 Å². The predicted molar refractivity (Wildman–Crippen MR) is 126 cm³/mol. The molecule has 0 amide bonds. The van der Waals surface area contributed by atoms with Gasteiger partial charge in [-0.1, -0.05) is 17.3 Å². The van der Waals surface area contributed by atoms with Crippen LogP contribution < -0.4 is 4.74 Å². The van der Waals surface area contributed by atoms with Crippen LogP contribution in [0.25, 0.3) is 16.9 Å². The van der Waals surface area contributed by atoms with E-state index in [-0.39, 0.29) is 18.2 Å². The number of methoxy groups -OCH3 is 1. The van der Waals surface area contributed by atoms with Gasteiger partial charge in [-0.05, 0) is 91.7 Å². The molecule has 0 unspecified atom stereocenters. The van der Waals surface area contributed by atoms with Crippen molar-refractivity contribution in [1.29, 1.82) is 0 Å². The van der Waals surface area contributed by atoms with Crippen molar-refractivity contribution in [3.8, 4) is 22.7 Å². The van der Waals surface area contributed by atoms with Crippen molar-refractivity contribution in [2.75, 3.05) is 7.11 Å². The molecule has 0 fully saturated rings. The molecule has 0 bridgehead atoms. The topological polar surface area (TPSA) is 35.8 Å². The number of halogens is 2. The molecule has 1 heterocycles. The number of hydrogen-bond acceptors (Lipinski definition) is 3. The van der Waals surface area contributed by atoms with Gasteiger partial charge in [-0.3, -0.25) is 0 Å². The lowest BCUT2D eigenvalue weighted by atomic mass is 10.1. The first-order valence-electron chi connectivity index (χ1n) is 10.5. The Hall–Kier alpha value is -3.93. The quantitative estimate of drug-likeness (QED) is 0.234. The van der Waals surface area contributed by atoms with Crippen LogP contribution in [0.5, 0.6) is 5.75 Å². The third-order valence-corrected chi connectivity index (χ3v) is 5.43. The van der Waals surface area contributed by atoms with Gasteiger partial charge in [0.15, 0.2) is 0 Å². The number of oxime groups is 1. The summed E-state index contributed by atoms with van der Waals surface area (Å²) in [7, 11) is 1.63. The van der Waals surface area contributed by atoms with E-state index < -0.39 is 0 Å². The van der Waals surface area contributed by atoms with E-state index in [9.17, 15) is 8.78 Å². The maximum Gasteiger partial charge on any atom is 0.142 e. The highest BCUT2D eigenvalue weighted by Gasteiger charge is 2.17. The molecule has 0 atom stereocenters. The second kappa shape index (κ2) is 9.69. The fourth-order valence-electron chi connectivity index (χ4n) is 3.75. The molecule has 0 saturated carbocycles. The van der Waals surface area contributed by atoms with E-state index in [1.165, 1.54) is 24.3 Å². The fourth-order valence-corrected chi connectivity index (χ4v) is 3.75. The van der Waals surface area contributed by atoms with Gasteiger partial charge < -0.3 is 14.1 Å². The highest BCUT2D eigenvalue weighted by atomic mass is 19.1. The third kappa shape index (κ3) is 4.95. The first kappa shape index (κ1) is 22.3. The normalized spacial score (nSPS) is 11.5. The zero-order valence-corrected chi connectivity index (χ0v) is 18.7. The molecule has 1 aromatic heterocycles. The van der Waals surface area contributed by atoms with Gasteiger partial charge in [-0.15, -0.1) is 0 Å². The summed E-state index contributed by atoms with van der Waals surface area (Å²) < 4.78 is 34.3. The van der Waals surface area contributed by atoms with E-state index in [2.05, 4.69) is 9.72 Å². The predicted octanol–water partition coefficient (Wildman–Crippen LogP) is 6.68. The van der Waals surface area contributed by atoms with Crippen LogP contribution in [0.4, 0.5) is 8.78 Å². The highest BCUT2D eigenvalue weighted by Crippen LogP contribution is 2.31. The van der Waals surface area contributed by atoms with Crippen LogP contribution in [0.1, 0.15) is 23.7 Å². The van der Waals surface area contributed by atoms with Gasteiger partial charge in [0.1, 0.15) is 24.0 Å². The Balaban J connectivity index is 1.71. The van der Waals surface area contributed by atoms with E-state index >= 15 is 0 Å². The molecule has 0 saturated heterocycles. The SMILES string of the molecule is COc1ccc(-n2c(-c3ccc(F)cc3)cc(/C(C)=N\OCc3cccc(F)c3)c2C)cc1. The Kier molecular flexibility index (Phi) is 6.54. The van der Waals surface area contributed by atoms with E-state index in [0.29, 0.717) is 11.3 Å². The molecular formula is C27H24F2N2O2. The molecule has 6 heteroatoms. The molecule has 168 valence electrons. The van der Waals surface area contributed by atoms with Crippen molar-refractivity contribution in [1.82, 2.24) is 4.57 Å². The van der Waals surface area contributed by atoms with Crippen molar-refractivity contribution < 1.29 is 18.4 Å². The van der Waals surface area contributed by atoms with Crippen molar-refractivity contribution in [3.63, 3.8) is 0 Å². The number of hydrogen-bond donors (Lipinski definition) is 0. The summed E-state index contributed by atoms with van der Waals surface area (Å²) in [5.74, 6) is 0.158. The maximum atomic E-state index is 13.5. The Bertz CT molecular complexity index is 1280. The fraction of sp³-hybridized carbons (Fsp3) is 0.148. The first-order valence-corrected chi connectivity index (χ1v) is 10.5. The van der Waals surface area contributed by atoms with Crippen LogP contribution in [-0.4, -0.2) is 17.4 Å². The largest absolute Gasteiger partial charge is 0.497 e. The molecule has 33 heavy (non-hydrogen) atoms. The lowest BCUT2D eigenvalue weighted by Crippen LogP contribution is -2.02. The number of ether oxygens (including phenoxy) is 1. The van der Waals surface area contributed by atoms with Gasteiger partial charge in [0.25, 0.3) is 0 Å². The molecule has 0 aliphatic heterocycles. The van der Waals surface area contributed by atoms with Crippen LogP contribution in [0.15, 0.2) is 84.0 Å². The van der Waals surface area contributed by atoms with Gasteiger partial charge in [-0.25, -0.2) is 8.78 Å². The minimum atomic E-state index is -0.312. The summed E-state index contributed by atoms with van der Waals surface area (Å²) in [4.78, 5) is 5.50. The van der Waals surface area contributed by atoms with Gasteiger partial charge >= 0.3 is 0 Å². The summed E-state index contributed by atoms with van der Waals surface area (Å²) >= 11 is 0. The summed E-state index contributed by atoms with van der Waals surface area (Å²) in [6.07, 6.45) is 0. The van der Waals surface area contributed by atoms with Gasteiger partial charge in [0.05, 0.1) is 18.5 Å². The van der Waals surface area contributed by atoms with E-state index in [0.717, 1.165) is 34.0 Å². The van der Waals surface area contributed by atoms with Crippen LogP contribution in [-0.2, 0) is 11.4 Å².